The molecule has 55 heavy (non-hydrogen) atoms. The first-order chi connectivity index (χ1) is 26.2. The van der Waals surface area contributed by atoms with E-state index in [1.165, 1.54) is 0 Å². The molecule has 0 spiro atoms. The molecule has 0 aromatic carbocycles. The van der Waals surface area contributed by atoms with E-state index in [1.807, 2.05) is 27.7 Å². The zero-order valence-corrected chi connectivity index (χ0v) is 35.3. The average molecular weight is 785 g/mol. The van der Waals surface area contributed by atoms with Crippen LogP contribution in [0.4, 0.5) is 0 Å². The molecular weight excluding hydrogens is 716 g/mol. The van der Waals surface area contributed by atoms with E-state index in [4.69, 9.17) is 56.8 Å². The number of hydrogen-bond donors (Lipinski definition) is 0. The highest BCUT2D eigenvalue weighted by Gasteiger charge is 2.85. The van der Waals surface area contributed by atoms with Crippen molar-refractivity contribution in [3.8, 4) is 0 Å². The van der Waals surface area contributed by atoms with Gasteiger partial charge in [0.05, 0.1) is 0 Å². The van der Waals surface area contributed by atoms with Crippen molar-refractivity contribution < 1.29 is 66.4 Å². The topological polar surface area (TPSA) is 145 Å². The Morgan fingerprint density at radius 2 is 0.745 bits per heavy atom. The molecule has 2 aliphatic carbocycles. The fourth-order valence-electron chi connectivity index (χ4n) is 8.39. The Balaban J connectivity index is 3.52. The van der Waals surface area contributed by atoms with Crippen molar-refractivity contribution >= 4 is 11.9 Å². The largest absolute Gasteiger partial charge is 0.449 e. The molecule has 14 nitrogen and oxygen atoms in total. The van der Waals surface area contributed by atoms with Gasteiger partial charge in [-0.2, -0.15) is 0 Å². The predicted octanol–water partition coefficient (Wildman–Crippen LogP) is 5.98. The molecule has 0 aromatic heterocycles. The van der Waals surface area contributed by atoms with Crippen LogP contribution in [-0.2, 0) is 66.4 Å². The summed E-state index contributed by atoms with van der Waals surface area (Å²) >= 11 is 0. The lowest BCUT2D eigenvalue weighted by Gasteiger charge is -2.69. The highest BCUT2D eigenvalue weighted by Crippen LogP contribution is 2.66. The third-order valence-electron chi connectivity index (χ3n) is 9.90. The van der Waals surface area contributed by atoms with Crippen molar-refractivity contribution in [2.75, 3.05) is 66.1 Å². The Hall–Kier alpha value is -2.50. The van der Waals surface area contributed by atoms with Crippen molar-refractivity contribution in [2.45, 2.75) is 130 Å². The van der Waals surface area contributed by atoms with Gasteiger partial charge in [0.25, 0.3) is 23.1 Å². The predicted molar refractivity (Wildman–Crippen MR) is 205 cm³/mol. The number of esters is 2. The maximum Gasteiger partial charge on any atom is 0.330 e. The third kappa shape index (κ3) is 7.76. The summed E-state index contributed by atoms with van der Waals surface area (Å²) in [5.74, 6) is -9.63. The van der Waals surface area contributed by atoms with Gasteiger partial charge in [-0.15, -0.1) is 0 Å². The highest BCUT2D eigenvalue weighted by atomic mass is 16.8. The Morgan fingerprint density at radius 3 is 0.964 bits per heavy atom. The Labute approximate surface area is 328 Å². The molecule has 0 amide bonds. The smallest absolute Gasteiger partial charge is 0.330 e. The number of carbonyl (C=O) groups excluding carboxylic acids is 2. The van der Waals surface area contributed by atoms with Crippen LogP contribution in [0.25, 0.3) is 0 Å². The second-order valence-electron chi connectivity index (χ2n) is 12.8. The molecule has 0 N–H and O–H groups in total. The first-order valence-electron chi connectivity index (χ1n) is 19.7. The highest BCUT2D eigenvalue weighted by molar-refractivity contribution is 5.82. The van der Waals surface area contributed by atoms with Gasteiger partial charge in [-0.1, -0.05) is 27.0 Å². The second kappa shape index (κ2) is 20.8. The molecule has 14 heteroatoms. The number of ether oxygens (including phenoxy) is 12. The van der Waals surface area contributed by atoms with Crippen molar-refractivity contribution in [1.29, 1.82) is 0 Å². The minimum atomic E-state index is -2.08. The molecule has 0 fully saturated rings. The fraction of sp³-hybridized carbons (Fsp3) is 0.756. The SMILES string of the molecule is C=CC(=O)OC1C=CC(OCC)(C(C)(C)C2(OCC)C=CC(OC(=O)C=C)C(OCC)(OCC)C2(OCC)OCC)C(OCC)(OCC)C1(OCC)OCC. The lowest BCUT2D eigenvalue weighted by Crippen LogP contribution is -2.88. The summed E-state index contributed by atoms with van der Waals surface area (Å²) in [6.45, 7) is 29.7. The third-order valence-corrected chi connectivity index (χ3v) is 9.90. The first kappa shape index (κ1) is 48.6. The van der Waals surface area contributed by atoms with E-state index < -0.39 is 63.9 Å². The van der Waals surface area contributed by atoms with Crippen LogP contribution < -0.4 is 0 Å². The summed E-state index contributed by atoms with van der Waals surface area (Å²) in [5.41, 5.74) is -5.13. The fourth-order valence-corrected chi connectivity index (χ4v) is 8.39. The van der Waals surface area contributed by atoms with Gasteiger partial charge in [0.2, 0.25) is 0 Å². The Kier molecular flexibility index (Phi) is 18.4. The van der Waals surface area contributed by atoms with Gasteiger partial charge in [0.15, 0.2) is 23.4 Å². The average Bonchev–Trinajstić information content (AvgIpc) is 3.15. The van der Waals surface area contributed by atoms with E-state index in [-0.39, 0.29) is 66.1 Å². The van der Waals surface area contributed by atoms with Crippen LogP contribution in [0.1, 0.15) is 83.1 Å². The number of carbonyl (C=O) groups is 2. The summed E-state index contributed by atoms with van der Waals surface area (Å²) < 4.78 is 80.4. The normalized spacial score (nSPS) is 26.3. The van der Waals surface area contributed by atoms with E-state index in [0.29, 0.717) is 0 Å². The van der Waals surface area contributed by atoms with Crippen LogP contribution in [0.5, 0.6) is 0 Å². The summed E-state index contributed by atoms with van der Waals surface area (Å²) in [5, 5.41) is 0. The monoisotopic (exact) mass is 784 g/mol. The molecule has 0 aromatic rings. The number of rotatable bonds is 26. The zero-order valence-electron chi connectivity index (χ0n) is 35.3. The maximum absolute atomic E-state index is 13.0. The van der Waals surface area contributed by atoms with Gasteiger partial charge >= 0.3 is 11.9 Å². The molecule has 0 aliphatic heterocycles. The molecule has 0 heterocycles. The maximum atomic E-state index is 13.0. The summed E-state index contributed by atoms with van der Waals surface area (Å²) in [6, 6.07) is 0. The first-order valence-corrected chi connectivity index (χ1v) is 19.7. The molecule has 0 radical (unpaired) electrons. The van der Waals surface area contributed by atoms with Crippen LogP contribution in [0.3, 0.4) is 0 Å². The Bertz CT molecular complexity index is 1190. The van der Waals surface area contributed by atoms with Crippen molar-refractivity contribution in [2.24, 2.45) is 5.41 Å². The minimum Gasteiger partial charge on any atom is -0.449 e. The minimum absolute atomic E-state index is 0.0592. The van der Waals surface area contributed by atoms with Crippen LogP contribution in [0.2, 0.25) is 0 Å². The van der Waals surface area contributed by atoms with Crippen LogP contribution in [0.15, 0.2) is 49.6 Å². The molecule has 2 rings (SSSR count). The molecule has 4 unspecified atom stereocenters. The standard InChI is InChI=1S/C41H68O14/c1-15-33(42)54-31-27-29-36(44-17-3,40(50-23-9,51-24-10)38(31,46-19-5)47-20-6)35(13,14)37(45-18-4)30-28-32(55-34(43)16-2)39(48-21-7,49-22-8)41(37,52-25-11)53-26-12/h15-16,27-32H,1-2,17-26H2,3-14H3. The quantitative estimate of drug-likeness (QED) is 0.0439. The van der Waals surface area contributed by atoms with E-state index >= 15 is 0 Å². The van der Waals surface area contributed by atoms with Crippen molar-refractivity contribution in [3.63, 3.8) is 0 Å². The summed E-state index contributed by atoms with van der Waals surface area (Å²) in [4.78, 5) is 26.0. The molecule has 0 saturated carbocycles. The van der Waals surface area contributed by atoms with Crippen LogP contribution >= 0.6 is 0 Å². The van der Waals surface area contributed by atoms with Gasteiger partial charge in [-0.3, -0.25) is 0 Å². The van der Waals surface area contributed by atoms with Crippen LogP contribution in [0, 0.1) is 5.41 Å². The van der Waals surface area contributed by atoms with Crippen molar-refractivity contribution in [1.82, 2.24) is 0 Å². The van der Waals surface area contributed by atoms with Gasteiger partial charge in [-0.25, -0.2) is 9.59 Å². The molecule has 4 atom stereocenters. The molecular formula is C41H68O14. The molecule has 2 aliphatic rings. The summed E-state index contributed by atoms with van der Waals surface area (Å²) in [7, 11) is 0. The lowest BCUT2D eigenvalue weighted by molar-refractivity contribution is -0.505. The van der Waals surface area contributed by atoms with E-state index in [2.05, 4.69) is 13.2 Å². The zero-order chi connectivity index (χ0) is 41.6. The van der Waals surface area contributed by atoms with E-state index in [1.54, 1.807) is 79.7 Å². The van der Waals surface area contributed by atoms with Gasteiger partial charge in [0, 0.05) is 83.6 Å². The molecule has 0 saturated heterocycles. The van der Waals surface area contributed by atoms with E-state index in [9.17, 15) is 9.59 Å². The molecule has 316 valence electrons. The summed E-state index contributed by atoms with van der Waals surface area (Å²) in [6.07, 6.45) is 6.41. The van der Waals surface area contributed by atoms with Gasteiger partial charge in [0.1, 0.15) is 0 Å². The van der Waals surface area contributed by atoms with Gasteiger partial charge < -0.3 is 56.8 Å². The number of hydrogen-bond acceptors (Lipinski definition) is 14. The van der Waals surface area contributed by atoms with Crippen molar-refractivity contribution in [3.05, 3.63) is 49.6 Å². The van der Waals surface area contributed by atoms with Gasteiger partial charge in [-0.05, 0) is 93.5 Å². The lowest BCUT2D eigenvalue weighted by atomic mass is 9.52. The van der Waals surface area contributed by atoms with E-state index in [0.717, 1.165) is 12.2 Å². The van der Waals surface area contributed by atoms with Crippen LogP contribution in [-0.4, -0.2) is 125 Å². The molecule has 0 bridgehead atoms. The Morgan fingerprint density at radius 1 is 0.491 bits per heavy atom. The second-order valence-corrected chi connectivity index (χ2v) is 12.8.